The molecule has 0 fully saturated rings. The number of phenols is 2. The maximum atomic E-state index is 14.7. The van der Waals surface area contributed by atoms with Crippen LogP contribution in [-0.2, 0) is 28.6 Å². The van der Waals surface area contributed by atoms with Gasteiger partial charge in [0.1, 0.15) is 23.4 Å². The number of nitrogens with one attached hydrogen (secondary N) is 1. The minimum absolute atomic E-state index is 0.0595. The molecule has 5 bridgehead atoms. The van der Waals surface area contributed by atoms with Gasteiger partial charge in [-0.15, -0.1) is 0 Å². The molecule has 0 aliphatic carbocycles. The van der Waals surface area contributed by atoms with Gasteiger partial charge in [0.05, 0.1) is 41.2 Å². The number of ketones is 1. The topological polar surface area (TPSA) is 217 Å². The quantitative estimate of drug-likeness (QED) is 0.116. The van der Waals surface area contributed by atoms with Gasteiger partial charge in [-0.25, -0.2) is 0 Å². The number of nitrogens with zero attached hydrogens (tertiary/aromatic N) is 3. The third-order valence-electron chi connectivity index (χ3n) is 13.4. The number of amides is 2. The van der Waals surface area contributed by atoms with Crippen LogP contribution in [-0.4, -0.2) is 155 Å². The first kappa shape index (κ1) is 54.4. The lowest BCUT2D eigenvalue weighted by Gasteiger charge is -2.38. The average Bonchev–Trinajstić information content (AvgIpc) is 3.57. The minimum Gasteiger partial charge on any atom is -0.507 e. The number of hydrogen-bond acceptors (Lipinski definition) is 15. The van der Waals surface area contributed by atoms with E-state index in [1.54, 1.807) is 51.8 Å². The molecule has 2 aromatic rings. The number of fused-ring (bicyclic) bond motifs is 14. The molecule has 372 valence electrons. The first-order valence-corrected chi connectivity index (χ1v) is 23.2. The van der Waals surface area contributed by atoms with E-state index in [9.17, 15) is 39.6 Å². The van der Waals surface area contributed by atoms with Crippen molar-refractivity contribution in [3.8, 4) is 23.0 Å². The van der Waals surface area contributed by atoms with E-state index in [2.05, 4.69) is 35.9 Å². The highest BCUT2D eigenvalue weighted by atomic mass is 16.7. The zero-order chi connectivity index (χ0) is 50.1. The van der Waals surface area contributed by atoms with E-state index in [-0.39, 0.29) is 50.6 Å². The van der Waals surface area contributed by atoms with Gasteiger partial charge in [-0.3, -0.25) is 19.2 Å². The van der Waals surface area contributed by atoms with Gasteiger partial charge in [-0.2, -0.15) is 0 Å². The molecule has 0 unspecified atom stereocenters. The van der Waals surface area contributed by atoms with Gasteiger partial charge in [0, 0.05) is 100 Å². The van der Waals surface area contributed by atoms with Crippen LogP contribution in [0.15, 0.2) is 42.2 Å². The molecule has 3 aliphatic heterocycles. The number of phenolic OH excluding ortho intramolecular Hbond substituents is 2. The number of aliphatic hydroxyl groups excluding tert-OH is 2. The van der Waals surface area contributed by atoms with Crippen LogP contribution in [0.2, 0.25) is 0 Å². The monoisotopic (exact) mass is 939 g/mol. The van der Waals surface area contributed by atoms with Crippen molar-refractivity contribution in [3.05, 3.63) is 53.3 Å². The van der Waals surface area contributed by atoms with Gasteiger partial charge in [0.25, 0.3) is 17.6 Å². The van der Waals surface area contributed by atoms with E-state index < -0.39 is 89.6 Å². The average molecular weight is 939 g/mol. The Labute approximate surface area is 395 Å². The van der Waals surface area contributed by atoms with Crippen molar-refractivity contribution in [1.82, 2.24) is 14.7 Å². The number of aliphatic hydroxyl groups is 2. The number of benzene rings is 2. The lowest BCUT2D eigenvalue weighted by molar-refractivity contribution is -0.160. The highest BCUT2D eigenvalue weighted by Crippen LogP contribution is 2.54. The number of likely N-dealkylation sites (N-methyl/N-ethyl adjacent to an activating group) is 3. The van der Waals surface area contributed by atoms with Gasteiger partial charge >= 0.3 is 11.8 Å². The molecule has 17 nitrogen and oxygen atoms in total. The number of carbonyl (C=O) groups excluding carboxylic acids is 4. The number of methoxy groups -OCH3 is 1. The highest BCUT2D eigenvalue weighted by molar-refractivity contribution is 6.21. The summed E-state index contributed by atoms with van der Waals surface area (Å²) in [6.45, 7) is 23.9. The molecule has 0 saturated heterocycles. The number of Topliss-reactive ketones (excluding diaryl/α,β-unsaturated/α-hetero) is 1. The van der Waals surface area contributed by atoms with Crippen LogP contribution in [0.4, 0.5) is 5.69 Å². The van der Waals surface area contributed by atoms with Gasteiger partial charge in [-0.05, 0) is 39.6 Å². The fourth-order valence-corrected chi connectivity index (χ4v) is 8.66. The SMILES string of the molecule is CCN(CC)CCN(CC)CCN(C)C(=O)COc1cc2c(O)c3c(O)c(C)c4c(c13)C(=O)[C@@](C)(O/C=C/[C@H](OC)[C@@H](C)[C@@H](OC(C)=O)[C@H](C)[C@@H](O)[C@H](C)[C@H](O)[C@H](C)/C=C/C=C(/C)C(=O)N2)O4. The molecule has 2 amide bonds. The lowest BCUT2D eigenvalue weighted by atomic mass is 9.78. The molecule has 0 aromatic heterocycles. The number of aromatic hydroxyl groups is 2. The zero-order valence-electron chi connectivity index (χ0n) is 41.5. The van der Waals surface area contributed by atoms with Gasteiger partial charge in [0.2, 0.25) is 0 Å². The second-order valence-corrected chi connectivity index (χ2v) is 18.0. The van der Waals surface area contributed by atoms with Crippen molar-refractivity contribution in [2.24, 2.45) is 23.7 Å². The Morgan fingerprint density at radius 2 is 1.49 bits per heavy atom. The molecule has 2 aromatic carbocycles. The van der Waals surface area contributed by atoms with E-state index in [1.165, 1.54) is 59.3 Å². The van der Waals surface area contributed by atoms with Crippen molar-refractivity contribution in [3.63, 3.8) is 0 Å². The fraction of sp³-hybridized carbons (Fsp3) is 0.600. The number of esters is 1. The summed E-state index contributed by atoms with van der Waals surface area (Å²) in [5, 5.41) is 48.9. The summed E-state index contributed by atoms with van der Waals surface area (Å²) in [6, 6.07) is 1.28. The molecule has 0 radical (unpaired) electrons. The third-order valence-corrected chi connectivity index (χ3v) is 13.4. The predicted molar refractivity (Wildman–Crippen MR) is 255 cm³/mol. The van der Waals surface area contributed by atoms with Crippen LogP contribution >= 0.6 is 0 Å². The molecule has 67 heavy (non-hydrogen) atoms. The van der Waals surface area contributed by atoms with Crippen LogP contribution in [0.1, 0.15) is 85.2 Å². The number of ether oxygens (including phenoxy) is 5. The van der Waals surface area contributed by atoms with Crippen molar-refractivity contribution >= 4 is 40.0 Å². The number of rotatable bonds is 14. The van der Waals surface area contributed by atoms with Gasteiger partial charge < -0.3 is 64.1 Å². The Morgan fingerprint density at radius 1 is 0.866 bits per heavy atom. The molecule has 5 N–H and O–H groups in total. The molecule has 0 saturated carbocycles. The van der Waals surface area contributed by atoms with Crippen LogP contribution in [0.25, 0.3) is 10.8 Å². The molecular formula is C50H74N4O13. The lowest BCUT2D eigenvalue weighted by Crippen LogP contribution is -2.46. The molecule has 3 heterocycles. The predicted octanol–water partition coefficient (Wildman–Crippen LogP) is 5.55. The molecule has 0 spiro atoms. The number of hydrogen-bond donors (Lipinski definition) is 5. The Hall–Kier alpha value is -5.20. The number of carbonyl (C=O) groups is 4. The Balaban J connectivity index is 1.83. The van der Waals surface area contributed by atoms with E-state index in [0.29, 0.717) is 13.1 Å². The molecule has 3 aliphatic rings. The normalized spacial score (nSPS) is 27.9. The van der Waals surface area contributed by atoms with Crippen LogP contribution in [0.3, 0.4) is 0 Å². The summed E-state index contributed by atoms with van der Waals surface area (Å²) in [5.74, 6) is -8.10. The highest BCUT2D eigenvalue weighted by Gasteiger charge is 2.50. The number of anilines is 1. The second kappa shape index (κ2) is 23.7. The number of allylic oxidation sites excluding steroid dienone is 2. The summed E-state index contributed by atoms with van der Waals surface area (Å²) < 4.78 is 30.0. The summed E-state index contributed by atoms with van der Waals surface area (Å²) >= 11 is 0. The standard InChI is InChI=1S/C50H74N4O13/c1-14-53(15-2)23-24-54(16-3)22-21-52(12)38(56)27-64-37-26-35-45(60)40-39(37)41-47(33(9)44(40)59)67-50(11,48(41)61)65-25-20-36(63-13)30(6)46(66-34(10)55)32(8)43(58)31(7)42(57)28(4)18-17-19-29(5)49(62)51-35/h17-20,25-26,28,30-32,36,42-43,46,57-60H,14-16,21-24,27H2,1-13H3,(H,51,62)/b18-17+,25-20+,29-19-/t28-,30-,31-,32-,36+,42-,43+,46-,50+/m1/s1. The smallest absolute Gasteiger partial charge is 0.312 e. The second-order valence-electron chi connectivity index (χ2n) is 18.0. The minimum atomic E-state index is -2.04. The summed E-state index contributed by atoms with van der Waals surface area (Å²) in [5.41, 5.74) is -0.0169. The summed E-state index contributed by atoms with van der Waals surface area (Å²) in [7, 11) is 3.11. The summed E-state index contributed by atoms with van der Waals surface area (Å²) in [6.07, 6.45) is 3.61. The first-order valence-electron chi connectivity index (χ1n) is 23.2. The zero-order valence-corrected chi connectivity index (χ0v) is 41.5. The fourth-order valence-electron chi connectivity index (χ4n) is 8.66. The summed E-state index contributed by atoms with van der Waals surface area (Å²) in [4.78, 5) is 60.6. The maximum Gasteiger partial charge on any atom is 0.312 e. The molecule has 9 atom stereocenters. The Morgan fingerprint density at radius 3 is 2.10 bits per heavy atom. The largest absolute Gasteiger partial charge is 0.507 e. The third kappa shape index (κ3) is 12.5. The van der Waals surface area contributed by atoms with E-state index in [1.807, 2.05) is 0 Å². The van der Waals surface area contributed by atoms with Crippen LogP contribution in [0.5, 0.6) is 23.0 Å². The van der Waals surface area contributed by atoms with Gasteiger partial charge in [0.15, 0.2) is 12.4 Å². The molecule has 17 heteroatoms. The van der Waals surface area contributed by atoms with E-state index in [0.717, 1.165) is 32.7 Å². The van der Waals surface area contributed by atoms with E-state index >= 15 is 0 Å². The van der Waals surface area contributed by atoms with Crippen molar-refractivity contribution < 1.29 is 63.3 Å². The van der Waals surface area contributed by atoms with Gasteiger partial charge in [-0.1, -0.05) is 66.7 Å². The molecular weight excluding hydrogens is 865 g/mol. The van der Waals surface area contributed by atoms with E-state index in [4.69, 9.17) is 23.7 Å². The first-order chi connectivity index (χ1) is 31.6. The van der Waals surface area contributed by atoms with Crippen molar-refractivity contribution in [2.75, 3.05) is 71.9 Å². The molecule has 5 rings (SSSR count). The maximum absolute atomic E-state index is 14.7. The van der Waals surface area contributed by atoms with Crippen molar-refractivity contribution in [1.29, 1.82) is 0 Å². The van der Waals surface area contributed by atoms with Crippen molar-refractivity contribution in [2.45, 2.75) is 106 Å². The van der Waals surface area contributed by atoms with Crippen LogP contribution in [0, 0.1) is 30.6 Å². The Kier molecular flexibility index (Phi) is 19.2. The van der Waals surface area contributed by atoms with Crippen LogP contribution < -0.4 is 14.8 Å². The Bertz CT molecular complexity index is 2190.